The molecule has 0 unspecified atom stereocenters. The first-order valence-electron chi connectivity index (χ1n) is 12.8. The van der Waals surface area contributed by atoms with Crippen molar-refractivity contribution in [2.45, 2.75) is 37.6 Å². The number of hydrogen-bond acceptors (Lipinski definition) is 9. The summed E-state index contributed by atoms with van der Waals surface area (Å²) in [6, 6.07) is 10.0. The first kappa shape index (κ1) is 27.9. The molecule has 10 nitrogen and oxygen atoms in total. The summed E-state index contributed by atoms with van der Waals surface area (Å²) in [5.74, 6) is -6.95. The number of Topliss-reactive ketones (excluding diaryl/α,β-unsaturated/α-hetero) is 2. The zero-order valence-corrected chi connectivity index (χ0v) is 22.7. The Morgan fingerprint density at radius 3 is 2.45 bits per heavy atom. The fraction of sp³-hybridized carbons (Fsp3) is 0.345. The van der Waals surface area contributed by atoms with Crippen LogP contribution >= 0.6 is 11.6 Å². The van der Waals surface area contributed by atoms with Gasteiger partial charge in [-0.05, 0) is 55.6 Å². The molecule has 0 saturated heterocycles. The zero-order valence-electron chi connectivity index (χ0n) is 21.9. The van der Waals surface area contributed by atoms with Crippen molar-refractivity contribution in [1.82, 2.24) is 10.2 Å². The summed E-state index contributed by atoms with van der Waals surface area (Å²) in [6.45, 7) is 0.872. The first-order chi connectivity index (χ1) is 18.9. The third-order valence-corrected chi connectivity index (χ3v) is 8.69. The molecule has 4 atom stereocenters. The number of phenolic OH excluding ortho intramolecular Hbond substituents is 1. The average Bonchev–Trinajstić information content (AvgIpc) is 2.89. The highest BCUT2D eigenvalue weighted by Crippen LogP contribution is 2.53. The molecule has 0 fully saturated rings. The Hall–Kier alpha value is -3.70. The van der Waals surface area contributed by atoms with Crippen molar-refractivity contribution in [3.8, 4) is 5.75 Å². The van der Waals surface area contributed by atoms with Gasteiger partial charge in [0.2, 0.25) is 5.78 Å². The number of aromatic hydroxyl groups is 1. The maximum absolute atomic E-state index is 13.7. The van der Waals surface area contributed by atoms with E-state index in [-0.39, 0.29) is 29.7 Å². The topological polar surface area (TPSA) is 173 Å². The number of fused-ring (bicyclic) bond motifs is 3. The number of carbonyl (C=O) groups excluding carboxylic acids is 3. The van der Waals surface area contributed by atoms with E-state index in [2.05, 4.69) is 5.32 Å². The Labute approximate surface area is 235 Å². The van der Waals surface area contributed by atoms with E-state index in [9.17, 15) is 34.8 Å². The van der Waals surface area contributed by atoms with Crippen LogP contribution in [0.2, 0.25) is 5.02 Å². The number of nitrogens with zero attached hydrogens (tertiary/aromatic N) is 1. The summed E-state index contributed by atoms with van der Waals surface area (Å²) < 4.78 is 0. The predicted octanol–water partition coefficient (Wildman–Crippen LogP) is 2.06. The number of phenols is 1. The number of aliphatic hydroxyl groups is 3. The van der Waals surface area contributed by atoms with Gasteiger partial charge in [-0.1, -0.05) is 41.9 Å². The van der Waals surface area contributed by atoms with Crippen LogP contribution in [0.15, 0.2) is 59.1 Å². The molecule has 40 heavy (non-hydrogen) atoms. The predicted molar refractivity (Wildman–Crippen MR) is 146 cm³/mol. The normalized spacial score (nSPS) is 26.1. The molecule has 3 aliphatic carbocycles. The van der Waals surface area contributed by atoms with Gasteiger partial charge in [0.25, 0.3) is 5.91 Å². The summed E-state index contributed by atoms with van der Waals surface area (Å²) in [5, 5.41) is 48.3. The first-order valence-corrected chi connectivity index (χ1v) is 13.2. The largest absolute Gasteiger partial charge is 0.510 e. The third-order valence-electron chi connectivity index (χ3n) is 8.22. The van der Waals surface area contributed by atoms with Gasteiger partial charge >= 0.3 is 0 Å². The summed E-state index contributed by atoms with van der Waals surface area (Å²) >= 11 is 6.77. The Balaban J connectivity index is 1.55. The molecule has 5 rings (SSSR count). The second-order valence-electron chi connectivity index (χ2n) is 10.8. The van der Waals surface area contributed by atoms with E-state index in [4.69, 9.17) is 17.3 Å². The van der Waals surface area contributed by atoms with Crippen LogP contribution in [0.5, 0.6) is 5.75 Å². The number of benzene rings is 2. The second-order valence-corrected chi connectivity index (χ2v) is 11.2. The minimum absolute atomic E-state index is 0.000657. The van der Waals surface area contributed by atoms with Crippen LogP contribution in [0.3, 0.4) is 0 Å². The molecule has 0 aromatic heterocycles. The van der Waals surface area contributed by atoms with Gasteiger partial charge in [-0.2, -0.15) is 0 Å². The maximum Gasteiger partial charge on any atom is 0.255 e. The molecule has 0 bridgehead atoms. The smallest absolute Gasteiger partial charge is 0.255 e. The van der Waals surface area contributed by atoms with E-state index < -0.39 is 58.0 Å². The van der Waals surface area contributed by atoms with Crippen molar-refractivity contribution in [2.24, 2.45) is 17.6 Å². The Morgan fingerprint density at radius 1 is 1.15 bits per heavy atom. The lowest BCUT2D eigenvalue weighted by Gasteiger charge is -2.50. The van der Waals surface area contributed by atoms with Crippen LogP contribution in [-0.2, 0) is 29.1 Å². The highest BCUT2D eigenvalue weighted by Gasteiger charge is 2.63. The Morgan fingerprint density at radius 2 is 1.82 bits per heavy atom. The lowest BCUT2D eigenvalue weighted by Crippen LogP contribution is -2.63. The SMILES string of the molecule is CN(C)[C@@H]1C(O)=C(C(N)=O)C(=O)[C@@]2(O)C(O)=C3C(=O)c4c(O)cc(CNCc5ccccc5)c(Cl)c4C[C@H]3C[C@@H]12. The molecule has 3 aliphatic rings. The number of halogens is 1. The molecule has 0 heterocycles. The lowest BCUT2D eigenvalue weighted by atomic mass is 9.58. The maximum atomic E-state index is 13.7. The van der Waals surface area contributed by atoms with E-state index in [1.54, 1.807) is 14.1 Å². The minimum Gasteiger partial charge on any atom is -0.510 e. The van der Waals surface area contributed by atoms with E-state index >= 15 is 0 Å². The van der Waals surface area contributed by atoms with Gasteiger partial charge in [-0.25, -0.2) is 0 Å². The van der Waals surface area contributed by atoms with Crippen LogP contribution in [-0.4, -0.2) is 68.5 Å². The van der Waals surface area contributed by atoms with Crippen LogP contribution < -0.4 is 11.1 Å². The van der Waals surface area contributed by atoms with Gasteiger partial charge in [-0.3, -0.25) is 19.3 Å². The second kappa shape index (κ2) is 10.0. The van der Waals surface area contributed by atoms with Gasteiger partial charge in [0.1, 0.15) is 22.8 Å². The van der Waals surface area contributed by atoms with Gasteiger partial charge in [0.15, 0.2) is 11.4 Å². The summed E-state index contributed by atoms with van der Waals surface area (Å²) in [4.78, 5) is 40.7. The third kappa shape index (κ3) is 4.10. The van der Waals surface area contributed by atoms with Crippen LogP contribution in [0.1, 0.15) is 33.5 Å². The fourth-order valence-electron chi connectivity index (χ4n) is 6.42. The molecular formula is C29H30ClN3O7. The standard InChI is InChI=1S/C29H30ClN3O7/c1-33(2)23-17-9-14-8-16-20(18(34)10-15(22(16)30)12-32-11-13-6-4-3-5-7-13)24(35)19(14)26(37)29(17,40)27(38)21(25(23)36)28(31)39/h3-7,10,14,17,23,32,34,36-37,40H,8-9,11-12H2,1-2H3,(H2,31,39)/t14-,17-,23-,29-/m0/s1. The minimum atomic E-state index is -2.68. The molecule has 2 aromatic carbocycles. The molecular weight excluding hydrogens is 538 g/mol. The van der Waals surface area contributed by atoms with Crippen molar-refractivity contribution < 1.29 is 34.8 Å². The summed E-state index contributed by atoms with van der Waals surface area (Å²) in [6.07, 6.45) is 0.132. The number of allylic oxidation sites excluding steroid dienone is 1. The Kier molecular flexibility index (Phi) is 6.99. The zero-order chi connectivity index (χ0) is 29.1. The van der Waals surface area contributed by atoms with Crippen LogP contribution in [0.25, 0.3) is 0 Å². The average molecular weight is 568 g/mol. The number of nitrogens with two attached hydrogens (primary N) is 1. The molecule has 1 amide bonds. The van der Waals surface area contributed by atoms with Crippen molar-refractivity contribution in [1.29, 1.82) is 0 Å². The van der Waals surface area contributed by atoms with E-state index in [0.29, 0.717) is 29.2 Å². The van der Waals surface area contributed by atoms with Crippen LogP contribution in [0.4, 0.5) is 0 Å². The van der Waals surface area contributed by atoms with Gasteiger partial charge < -0.3 is 31.5 Å². The number of aliphatic hydroxyl groups excluding tert-OH is 2. The van der Waals surface area contributed by atoms with Gasteiger partial charge in [0.05, 0.1) is 11.6 Å². The van der Waals surface area contributed by atoms with E-state index in [1.165, 1.54) is 11.0 Å². The molecule has 7 N–H and O–H groups in total. The molecule has 2 aromatic rings. The Bertz CT molecular complexity index is 1500. The van der Waals surface area contributed by atoms with Crippen molar-refractivity contribution in [2.75, 3.05) is 14.1 Å². The van der Waals surface area contributed by atoms with E-state index in [0.717, 1.165) is 5.56 Å². The number of likely N-dealkylation sites (N-methyl/N-ethyl adjacent to an activating group) is 1. The molecule has 0 saturated carbocycles. The highest BCUT2D eigenvalue weighted by atomic mass is 35.5. The number of nitrogens with one attached hydrogen (secondary N) is 1. The van der Waals surface area contributed by atoms with Crippen molar-refractivity contribution >= 4 is 29.1 Å². The number of amides is 1. The van der Waals surface area contributed by atoms with Crippen molar-refractivity contribution in [3.05, 3.63) is 86.3 Å². The molecule has 210 valence electrons. The lowest BCUT2D eigenvalue weighted by molar-refractivity contribution is -0.148. The van der Waals surface area contributed by atoms with Crippen molar-refractivity contribution in [3.63, 3.8) is 0 Å². The molecule has 0 radical (unpaired) electrons. The monoisotopic (exact) mass is 567 g/mol. The van der Waals surface area contributed by atoms with Gasteiger partial charge in [0, 0.05) is 29.6 Å². The number of hydrogen-bond donors (Lipinski definition) is 6. The number of primary amides is 1. The molecule has 0 spiro atoms. The number of ketones is 2. The van der Waals surface area contributed by atoms with Crippen LogP contribution in [0, 0.1) is 11.8 Å². The molecule has 11 heteroatoms. The molecule has 0 aliphatic heterocycles. The van der Waals surface area contributed by atoms with Gasteiger partial charge in [-0.15, -0.1) is 0 Å². The fourth-order valence-corrected chi connectivity index (χ4v) is 6.71. The number of rotatable bonds is 6. The quantitative estimate of drug-likeness (QED) is 0.286. The summed E-state index contributed by atoms with van der Waals surface area (Å²) in [7, 11) is 3.16. The summed E-state index contributed by atoms with van der Waals surface area (Å²) in [5.41, 5.74) is 3.54. The number of carbonyl (C=O) groups is 3. The van der Waals surface area contributed by atoms with E-state index in [1.807, 2.05) is 30.3 Å². The highest BCUT2D eigenvalue weighted by molar-refractivity contribution is 6.33.